The van der Waals surface area contributed by atoms with Gasteiger partial charge in [-0.25, -0.2) is 0 Å². The van der Waals surface area contributed by atoms with Crippen molar-refractivity contribution in [1.82, 2.24) is 0 Å². The molecule has 0 aromatic heterocycles. The predicted octanol–water partition coefficient (Wildman–Crippen LogP) is 2.92. The molecule has 1 aromatic rings. The highest BCUT2D eigenvalue weighted by Crippen LogP contribution is 2.29. The summed E-state index contributed by atoms with van der Waals surface area (Å²) < 4.78 is 5.85. The second kappa shape index (κ2) is 3.86. The summed E-state index contributed by atoms with van der Waals surface area (Å²) in [6.45, 7) is 9.28. The van der Waals surface area contributed by atoms with E-state index in [0.29, 0.717) is 0 Å². The predicted molar refractivity (Wildman–Crippen MR) is 62.2 cm³/mol. The average Bonchev–Trinajstić information content (AvgIpc) is 2.06. The van der Waals surface area contributed by atoms with Gasteiger partial charge < -0.3 is 9.84 Å². The molecule has 0 heterocycles. The second-order valence-electron chi connectivity index (χ2n) is 4.94. The number of hydrogen-bond donors (Lipinski definition) is 1. The van der Waals surface area contributed by atoms with E-state index in [1.165, 1.54) is 0 Å². The van der Waals surface area contributed by atoms with Gasteiger partial charge in [-0.3, -0.25) is 0 Å². The van der Waals surface area contributed by atoms with Crippen molar-refractivity contribution < 1.29 is 9.84 Å². The summed E-state index contributed by atoms with van der Waals surface area (Å²) in [6, 6.07) is 7.82. The molecule has 1 aromatic carbocycles. The highest BCUT2D eigenvalue weighted by molar-refractivity contribution is 5.32. The van der Waals surface area contributed by atoms with Gasteiger partial charge in [-0.1, -0.05) is 18.2 Å². The molecule has 0 unspecified atom stereocenters. The molecule has 0 aliphatic heterocycles. The lowest BCUT2D eigenvalue weighted by Gasteiger charge is -2.37. The van der Waals surface area contributed by atoms with Crippen molar-refractivity contribution in [2.24, 2.45) is 0 Å². The summed E-state index contributed by atoms with van der Waals surface area (Å²) in [5.74, 6) is 0.824. The monoisotopic (exact) mass is 208 g/mol. The lowest BCUT2D eigenvalue weighted by atomic mass is 9.89. The van der Waals surface area contributed by atoms with Crippen LogP contribution in [0.4, 0.5) is 0 Å². The molecule has 0 amide bonds. The second-order valence-corrected chi connectivity index (χ2v) is 4.94. The first-order chi connectivity index (χ1) is 6.74. The van der Waals surface area contributed by atoms with Gasteiger partial charge in [0.2, 0.25) is 0 Å². The highest BCUT2D eigenvalue weighted by Gasteiger charge is 2.37. The van der Waals surface area contributed by atoms with Crippen molar-refractivity contribution in [3.05, 3.63) is 29.8 Å². The molecule has 0 saturated heterocycles. The third-order valence-corrected chi connectivity index (χ3v) is 2.93. The third kappa shape index (κ3) is 2.72. The maximum atomic E-state index is 9.97. The van der Waals surface area contributed by atoms with Crippen molar-refractivity contribution in [3.8, 4) is 5.75 Å². The Labute approximate surface area is 91.9 Å². The van der Waals surface area contributed by atoms with Crippen LogP contribution in [0, 0.1) is 6.92 Å². The van der Waals surface area contributed by atoms with Crippen LogP contribution in [0.3, 0.4) is 0 Å². The molecule has 0 radical (unpaired) electrons. The fraction of sp³-hybridized carbons (Fsp3) is 0.538. The Morgan fingerprint density at radius 1 is 1.07 bits per heavy atom. The number of para-hydroxylation sites is 1. The quantitative estimate of drug-likeness (QED) is 0.827. The molecule has 0 aliphatic carbocycles. The number of hydrogen-bond acceptors (Lipinski definition) is 2. The molecule has 0 fully saturated rings. The van der Waals surface area contributed by atoms with Crippen LogP contribution in [0.5, 0.6) is 5.75 Å². The zero-order valence-corrected chi connectivity index (χ0v) is 10.2. The molecule has 2 heteroatoms. The zero-order chi connectivity index (χ0) is 11.7. The minimum absolute atomic E-state index is 0.612. The van der Waals surface area contributed by atoms with Crippen LogP contribution in [-0.2, 0) is 0 Å². The average molecular weight is 208 g/mol. The molecular formula is C13H20O2. The molecule has 0 spiro atoms. The highest BCUT2D eigenvalue weighted by atomic mass is 16.5. The number of benzene rings is 1. The summed E-state index contributed by atoms with van der Waals surface area (Å²) in [7, 11) is 0. The zero-order valence-electron chi connectivity index (χ0n) is 10.2. The van der Waals surface area contributed by atoms with Gasteiger partial charge >= 0.3 is 0 Å². The molecule has 0 saturated carbocycles. The van der Waals surface area contributed by atoms with Crippen LogP contribution < -0.4 is 4.74 Å². The van der Waals surface area contributed by atoms with Gasteiger partial charge in [0.25, 0.3) is 0 Å². The minimum Gasteiger partial charge on any atom is -0.485 e. The molecule has 84 valence electrons. The van der Waals surface area contributed by atoms with Gasteiger partial charge in [-0.2, -0.15) is 0 Å². The fourth-order valence-electron chi connectivity index (χ4n) is 1.07. The van der Waals surface area contributed by atoms with Crippen LogP contribution in [0.25, 0.3) is 0 Å². The first-order valence-corrected chi connectivity index (χ1v) is 5.21. The van der Waals surface area contributed by atoms with Crippen molar-refractivity contribution in [1.29, 1.82) is 0 Å². The summed E-state index contributed by atoms with van der Waals surface area (Å²) in [4.78, 5) is 0. The number of aryl methyl sites for hydroxylation is 1. The Morgan fingerprint density at radius 3 is 2.07 bits per heavy atom. The third-order valence-electron chi connectivity index (χ3n) is 2.93. The Kier molecular flexibility index (Phi) is 3.10. The Morgan fingerprint density at radius 2 is 1.60 bits per heavy atom. The first-order valence-electron chi connectivity index (χ1n) is 5.21. The summed E-state index contributed by atoms with van der Waals surface area (Å²) in [5.41, 5.74) is -0.413. The van der Waals surface area contributed by atoms with Crippen molar-refractivity contribution in [2.75, 3.05) is 0 Å². The maximum Gasteiger partial charge on any atom is 0.131 e. The molecule has 1 rings (SSSR count). The van der Waals surface area contributed by atoms with Crippen LogP contribution in [0.1, 0.15) is 33.3 Å². The van der Waals surface area contributed by atoms with Crippen molar-refractivity contribution in [3.63, 3.8) is 0 Å². The summed E-state index contributed by atoms with van der Waals surface area (Å²) >= 11 is 0. The van der Waals surface area contributed by atoms with E-state index in [2.05, 4.69) is 0 Å². The van der Waals surface area contributed by atoms with Gasteiger partial charge in [-0.05, 0) is 46.2 Å². The topological polar surface area (TPSA) is 29.5 Å². The van der Waals surface area contributed by atoms with Crippen molar-refractivity contribution in [2.45, 2.75) is 45.8 Å². The largest absolute Gasteiger partial charge is 0.485 e. The van der Waals surface area contributed by atoms with E-state index < -0.39 is 11.2 Å². The lowest BCUT2D eigenvalue weighted by Crippen LogP contribution is -2.49. The van der Waals surface area contributed by atoms with E-state index in [1.807, 2.05) is 45.0 Å². The van der Waals surface area contributed by atoms with E-state index in [9.17, 15) is 5.11 Å². The summed E-state index contributed by atoms with van der Waals surface area (Å²) in [5, 5.41) is 9.97. The molecular weight excluding hydrogens is 188 g/mol. The molecule has 0 aliphatic rings. The fourth-order valence-corrected chi connectivity index (χ4v) is 1.07. The molecule has 2 nitrogen and oxygen atoms in total. The first kappa shape index (κ1) is 12.1. The number of ether oxygens (including phenoxy) is 1. The Hall–Kier alpha value is -1.02. The number of aliphatic hydroxyl groups is 1. The standard InChI is InChI=1S/C13H20O2/c1-10-8-6-7-9-11(10)15-13(4,5)12(2,3)14/h6-9,14H,1-5H3. The van der Waals surface area contributed by atoms with Gasteiger partial charge in [0, 0.05) is 0 Å². The van der Waals surface area contributed by atoms with Crippen molar-refractivity contribution >= 4 is 0 Å². The van der Waals surface area contributed by atoms with E-state index in [-0.39, 0.29) is 0 Å². The molecule has 0 bridgehead atoms. The summed E-state index contributed by atoms with van der Waals surface area (Å²) in [6.07, 6.45) is 0. The van der Waals surface area contributed by atoms with Crippen LogP contribution in [0.2, 0.25) is 0 Å². The maximum absolute atomic E-state index is 9.97. The van der Waals surface area contributed by atoms with E-state index >= 15 is 0 Å². The SMILES string of the molecule is Cc1ccccc1OC(C)(C)C(C)(C)O. The van der Waals surface area contributed by atoms with Gasteiger partial charge in [0.15, 0.2) is 0 Å². The van der Waals surface area contributed by atoms with Crippen LogP contribution in [-0.4, -0.2) is 16.3 Å². The van der Waals surface area contributed by atoms with Gasteiger partial charge in [-0.15, -0.1) is 0 Å². The molecule has 1 N–H and O–H groups in total. The van der Waals surface area contributed by atoms with E-state index in [1.54, 1.807) is 13.8 Å². The Bertz CT molecular complexity index is 335. The number of rotatable bonds is 3. The van der Waals surface area contributed by atoms with Gasteiger partial charge in [0.05, 0.1) is 5.60 Å². The van der Waals surface area contributed by atoms with Gasteiger partial charge in [0.1, 0.15) is 11.4 Å². The molecule has 15 heavy (non-hydrogen) atoms. The Balaban J connectivity index is 2.92. The van der Waals surface area contributed by atoms with Crippen LogP contribution >= 0.6 is 0 Å². The van der Waals surface area contributed by atoms with Crippen LogP contribution in [0.15, 0.2) is 24.3 Å². The normalized spacial score (nSPS) is 12.7. The van der Waals surface area contributed by atoms with E-state index in [4.69, 9.17) is 4.74 Å². The minimum atomic E-state index is -0.880. The smallest absolute Gasteiger partial charge is 0.131 e. The van der Waals surface area contributed by atoms with E-state index in [0.717, 1.165) is 11.3 Å². The lowest BCUT2D eigenvalue weighted by molar-refractivity contribution is -0.0909. The molecule has 0 atom stereocenters.